The van der Waals surface area contributed by atoms with Crippen LogP contribution in [0.15, 0.2) is 60.7 Å². The Morgan fingerprint density at radius 1 is 0.750 bits per heavy atom. The topological polar surface area (TPSA) is 69.7 Å². The lowest BCUT2D eigenvalue weighted by Gasteiger charge is -2.25. The highest BCUT2D eigenvalue weighted by Crippen LogP contribution is 2.26. The molecule has 5 heteroatoms. The van der Waals surface area contributed by atoms with Gasteiger partial charge in [0.05, 0.1) is 0 Å². The van der Waals surface area contributed by atoms with Gasteiger partial charge in [0.2, 0.25) is 11.9 Å². The average Bonchev–Trinajstić information content (AvgIpc) is 2.58. The van der Waals surface area contributed by atoms with E-state index >= 15 is 0 Å². The fraction of sp³-hybridized carbons (Fsp3) is 0.211. The second-order valence-corrected chi connectivity index (χ2v) is 5.20. The van der Waals surface area contributed by atoms with Crippen LogP contribution in [0.5, 0.6) is 0 Å². The zero-order chi connectivity index (χ0) is 17.5. The van der Waals surface area contributed by atoms with Crippen LogP contribution < -0.4 is 0 Å². The molecule has 2 aromatic carbocycles. The van der Waals surface area contributed by atoms with Crippen LogP contribution in [0, 0.1) is 0 Å². The van der Waals surface area contributed by atoms with Gasteiger partial charge in [0.25, 0.3) is 0 Å². The number of carbonyl (C=O) groups is 3. The summed E-state index contributed by atoms with van der Waals surface area (Å²) in [5.74, 6) is -1.62. The summed E-state index contributed by atoms with van der Waals surface area (Å²) < 4.78 is 10.5. The summed E-state index contributed by atoms with van der Waals surface area (Å²) in [5.41, 5.74) is 0.945. The fourth-order valence-electron chi connectivity index (χ4n) is 2.32. The standard InChI is InChI=1S/C19H18O5/c1-13(20)23-18(16-11-7-4-8-12-16)19(24-14(2)21)17(22)15-9-5-3-6-10-15/h3-12,18-19H,1-2H3. The predicted molar refractivity (Wildman–Crippen MR) is 87.3 cm³/mol. The average molecular weight is 326 g/mol. The molecule has 24 heavy (non-hydrogen) atoms. The van der Waals surface area contributed by atoms with Crippen molar-refractivity contribution in [2.24, 2.45) is 0 Å². The molecule has 0 aliphatic carbocycles. The minimum Gasteiger partial charge on any atom is -0.453 e. The van der Waals surface area contributed by atoms with Gasteiger partial charge in [-0.25, -0.2) is 0 Å². The van der Waals surface area contributed by atoms with Crippen LogP contribution in [0.1, 0.15) is 35.9 Å². The van der Waals surface area contributed by atoms with Gasteiger partial charge < -0.3 is 9.47 Å². The van der Waals surface area contributed by atoms with E-state index in [4.69, 9.17) is 9.47 Å². The second kappa shape index (κ2) is 8.06. The molecule has 0 aliphatic heterocycles. The van der Waals surface area contributed by atoms with E-state index in [0.29, 0.717) is 11.1 Å². The Hall–Kier alpha value is -2.95. The van der Waals surface area contributed by atoms with Crippen molar-refractivity contribution in [2.45, 2.75) is 26.1 Å². The lowest BCUT2D eigenvalue weighted by atomic mass is 9.97. The lowest BCUT2D eigenvalue weighted by molar-refractivity contribution is -0.162. The molecule has 0 N–H and O–H groups in total. The first kappa shape index (κ1) is 17.4. The van der Waals surface area contributed by atoms with E-state index in [1.165, 1.54) is 13.8 Å². The highest BCUT2D eigenvalue weighted by molar-refractivity contribution is 6.01. The lowest BCUT2D eigenvalue weighted by Crippen LogP contribution is -2.35. The number of ketones is 1. The third kappa shape index (κ3) is 4.52. The largest absolute Gasteiger partial charge is 0.453 e. The predicted octanol–water partition coefficient (Wildman–Crippen LogP) is 3.11. The first-order chi connectivity index (χ1) is 11.5. The number of hydrogen-bond donors (Lipinski definition) is 0. The molecule has 0 aliphatic rings. The van der Waals surface area contributed by atoms with Crippen LogP contribution in [0.4, 0.5) is 0 Å². The maximum Gasteiger partial charge on any atom is 0.303 e. The normalized spacial score (nSPS) is 12.8. The Kier molecular flexibility index (Phi) is 5.84. The van der Waals surface area contributed by atoms with E-state index in [-0.39, 0.29) is 0 Å². The molecule has 0 spiro atoms. The third-order valence-electron chi connectivity index (χ3n) is 3.31. The summed E-state index contributed by atoms with van der Waals surface area (Å²) >= 11 is 0. The Bertz CT molecular complexity index is 709. The van der Waals surface area contributed by atoms with Crippen molar-refractivity contribution < 1.29 is 23.9 Å². The van der Waals surface area contributed by atoms with Crippen molar-refractivity contribution in [2.75, 3.05) is 0 Å². The van der Waals surface area contributed by atoms with Crippen molar-refractivity contribution in [3.8, 4) is 0 Å². The quantitative estimate of drug-likeness (QED) is 0.602. The number of rotatable bonds is 6. The van der Waals surface area contributed by atoms with Gasteiger partial charge in [0, 0.05) is 19.4 Å². The molecule has 0 saturated carbocycles. The molecule has 0 radical (unpaired) electrons. The van der Waals surface area contributed by atoms with Gasteiger partial charge in [0.15, 0.2) is 6.10 Å². The Morgan fingerprint density at radius 3 is 1.75 bits per heavy atom. The summed E-state index contributed by atoms with van der Waals surface area (Å²) in [6, 6.07) is 17.2. The molecule has 0 saturated heterocycles. The zero-order valence-corrected chi connectivity index (χ0v) is 13.5. The van der Waals surface area contributed by atoms with Gasteiger partial charge in [-0.3, -0.25) is 14.4 Å². The highest BCUT2D eigenvalue weighted by Gasteiger charge is 2.35. The Morgan fingerprint density at radius 2 is 1.25 bits per heavy atom. The number of hydrogen-bond acceptors (Lipinski definition) is 5. The third-order valence-corrected chi connectivity index (χ3v) is 3.31. The van der Waals surface area contributed by atoms with E-state index in [1.807, 2.05) is 0 Å². The molecule has 2 aromatic rings. The number of Topliss-reactive ketones (excluding diaryl/α,β-unsaturated/α-hetero) is 1. The maximum atomic E-state index is 12.8. The SMILES string of the molecule is CC(=O)OC(C(=O)c1ccccc1)C(OC(C)=O)c1ccccc1. The number of esters is 2. The first-order valence-electron chi connectivity index (χ1n) is 7.47. The van der Waals surface area contributed by atoms with Crippen molar-refractivity contribution in [3.05, 3.63) is 71.8 Å². The molecule has 5 nitrogen and oxygen atoms in total. The van der Waals surface area contributed by atoms with Gasteiger partial charge in [-0.2, -0.15) is 0 Å². The van der Waals surface area contributed by atoms with E-state index in [0.717, 1.165) is 0 Å². The number of benzene rings is 2. The molecule has 0 heterocycles. The van der Waals surface area contributed by atoms with Gasteiger partial charge in [-0.15, -0.1) is 0 Å². The summed E-state index contributed by atoms with van der Waals surface area (Å²) in [6.07, 6.45) is -2.27. The highest BCUT2D eigenvalue weighted by atomic mass is 16.6. The van der Waals surface area contributed by atoms with Gasteiger partial charge >= 0.3 is 11.9 Å². The van der Waals surface area contributed by atoms with Crippen LogP contribution in [-0.4, -0.2) is 23.8 Å². The van der Waals surface area contributed by atoms with Crippen molar-refractivity contribution >= 4 is 17.7 Å². The van der Waals surface area contributed by atoms with Gasteiger partial charge in [0.1, 0.15) is 0 Å². The molecule has 0 amide bonds. The Labute approximate surface area is 140 Å². The smallest absolute Gasteiger partial charge is 0.303 e. The summed E-state index contributed by atoms with van der Waals surface area (Å²) in [5, 5.41) is 0. The molecule has 2 unspecified atom stereocenters. The van der Waals surface area contributed by atoms with Crippen LogP contribution in [0.25, 0.3) is 0 Å². The van der Waals surface area contributed by atoms with Gasteiger partial charge in [-0.05, 0) is 5.56 Å². The fourth-order valence-corrected chi connectivity index (χ4v) is 2.32. The van der Waals surface area contributed by atoms with Crippen molar-refractivity contribution in [1.29, 1.82) is 0 Å². The summed E-state index contributed by atoms with van der Waals surface area (Å²) in [6.45, 7) is 2.45. The van der Waals surface area contributed by atoms with Crippen molar-refractivity contribution in [3.63, 3.8) is 0 Å². The molecule has 2 rings (SSSR count). The van der Waals surface area contributed by atoms with Crippen LogP contribution in [0.2, 0.25) is 0 Å². The molecule has 124 valence electrons. The number of ether oxygens (including phenoxy) is 2. The minimum atomic E-state index is -1.25. The van der Waals surface area contributed by atoms with Crippen LogP contribution >= 0.6 is 0 Å². The molecular formula is C19H18O5. The van der Waals surface area contributed by atoms with Gasteiger partial charge in [-0.1, -0.05) is 60.7 Å². The minimum absolute atomic E-state index is 0.372. The van der Waals surface area contributed by atoms with E-state index in [9.17, 15) is 14.4 Å². The van der Waals surface area contributed by atoms with E-state index < -0.39 is 29.9 Å². The molecule has 2 atom stereocenters. The van der Waals surface area contributed by atoms with Crippen molar-refractivity contribution in [1.82, 2.24) is 0 Å². The molecule has 0 bridgehead atoms. The summed E-state index contributed by atoms with van der Waals surface area (Å²) in [7, 11) is 0. The molecular weight excluding hydrogens is 308 g/mol. The zero-order valence-electron chi connectivity index (χ0n) is 13.5. The number of carbonyl (C=O) groups excluding carboxylic acids is 3. The Balaban J connectivity index is 2.43. The molecule has 0 aromatic heterocycles. The van der Waals surface area contributed by atoms with E-state index in [1.54, 1.807) is 60.7 Å². The maximum absolute atomic E-state index is 12.8. The van der Waals surface area contributed by atoms with E-state index in [2.05, 4.69) is 0 Å². The molecule has 0 fully saturated rings. The monoisotopic (exact) mass is 326 g/mol. The van der Waals surface area contributed by atoms with Crippen LogP contribution in [0.3, 0.4) is 0 Å². The second-order valence-electron chi connectivity index (χ2n) is 5.20. The van der Waals surface area contributed by atoms with Crippen LogP contribution in [-0.2, 0) is 19.1 Å². The first-order valence-corrected chi connectivity index (χ1v) is 7.47. The summed E-state index contributed by atoms with van der Waals surface area (Å²) in [4.78, 5) is 35.8.